The van der Waals surface area contributed by atoms with E-state index in [1.165, 1.54) is 25.7 Å². The lowest BCUT2D eigenvalue weighted by atomic mass is 9.96. The average Bonchev–Trinajstić information content (AvgIpc) is 2.83. The molecule has 3 aliphatic rings. The summed E-state index contributed by atoms with van der Waals surface area (Å²) in [7, 11) is 2.29. The minimum Gasteiger partial charge on any atom is -0.300 e. The number of rotatable bonds is 2. The minimum absolute atomic E-state index is 0.423. The van der Waals surface area contributed by atoms with Gasteiger partial charge in [0.15, 0.2) is 0 Å². The number of hydrogen-bond donors (Lipinski definition) is 0. The van der Waals surface area contributed by atoms with Crippen LogP contribution in [0.4, 0.5) is 0 Å². The molecule has 0 radical (unpaired) electrons. The molecule has 17 heavy (non-hydrogen) atoms. The van der Waals surface area contributed by atoms with Crippen molar-refractivity contribution in [2.45, 2.75) is 63.7 Å². The Hall–Kier alpha value is -0.640. The molecule has 96 valence electrons. The number of nitrogens with zero attached hydrogens (tertiary/aromatic N) is 4. The van der Waals surface area contributed by atoms with E-state index >= 15 is 0 Å². The number of hydrogen-bond acceptors (Lipinski definition) is 4. The van der Waals surface area contributed by atoms with Crippen LogP contribution in [0.5, 0.6) is 0 Å². The van der Waals surface area contributed by atoms with Crippen molar-refractivity contribution in [1.82, 2.24) is 9.91 Å². The first-order valence-corrected chi connectivity index (χ1v) is 7.04. The van der Waals surface area contributed by atoms with Crippen molar-refractivity contribution in [3.05, 3.63) is 0 Å². The normalized spacial score (nSPS) is 41.8. The molecule has 3 unspecified atom stereocenters. The third-order valence-electron chi connectivity index (χ3n) is 4.95. The molecule has 2 fully saturated rings. The summed E-state index contributed by atoms with van der Waals surface area (Å²) >= 11 is 0. The molecule has 3 atom stereocenters. The fourth-order valence-electron chi connectivity index (χ4n) is 3.59. The first-order valence-electron chi connectivity index (χ1n) is 7.04. The first-order chi connectivity index (χ1) is 8.15. The Balaban J connectivity index is 1.63. The summed E-state index contributed by atoms with van der Waals surface area (Å²) in [6.07, 6.45) is 5.35. The van der Waals surface area contributed by atoms with Gasteiger partial charge in [0.1, 0.15) is 0 Å². The predicted octanol–water partition coefficient (Wildman–Crippen LogP) is 2.32. The van der Waals surface area contributed by atoms with Crippen molar-refractivity contribution in [3.8, 4) is 0 Å². The van der Waals surface area contributed by atoms with Crippen LogP contribution in [0.15, 0.2) is 10.3 Å². The zero-order valence-electron chi connectivity index (χ0n) is 11.2. The topological polar surface area (TPSA) is 31.2 Å². The van der Waals surface area contributed by atoms with Gasteiger partial charge >= 0.3 is 0 Å². The summed E-state index contributed by atoms with van der Waals surface area (Å²) in [4.78, 5) is 2.59. The van der Waals surface area contributed by atoms with Gasteiger partial charge in [0, 0.05) is 12.1 Å². The molecule has 2 bridgehead atoms. The fourth-order valence-corrected chi connectivity index (χ4v) is 3.59. The van der Waals surface area contributed by atoms with Crippen LogP contribution in [0.25, 0.3) is 0 Å². The van der Waals surface area contributed by atoms with E-state index in [0.29, 0.717) is 18.0 Å². The van der Waals surface area contributed by atoms with Gasteiger partial charge < -0.3 is 4.90 Å². The van der Waals surface area contributed by atoms with Crippen LogP contribution in [-0.2, 0) is 0 Å². The highest BCUT2D eigenvalue weighted by Crippen LogP contribution is 2.37. The summed E-state index contributed by atoms with van der Waals surface area (Å²) in [6.45, 7) is 5.53. The van der Waals surface area contributed by atoms with E-state index in [1.54, 1.807) is 0 Å². The Morgan fingerprint density at radius 2 is 1.71 bits per heavy atom. The van der Waals surface area contributed by atoms with Gasteiger partial charge in [-0.3, -0.25) is 5.01 Å². The Morgan fingerprint density at radius 1 is 1.06 bits per heavy atom. The summed E-state index contributed by atoms with van der Waals surface area (Å²) in [5.74, 6) is 0.617. The zero-order valence-corrected chi connectivity index (χ0v) is 11.2. The van der Waals surface area contributed by atoms with Crippen LogP contribution in [0.1, 0.15) is 39.5 Å². The number of fused-ring (bicyclic) bond motifs is 2. The van der Waals surface area contributed by atoms with E-state index in [2.05, 4.69) is 41.1 Å². The third-order valence-corrected chi connectivity index (χ3v) is 4.95. The highest BCUT2D eigenvalue weighted by molar-refractivity contribution is 4.97. The van der Waals surface area contributed by atoms with Crippen LogP contribution in [0.3, 0.4) is 0 Å². The van der Waals surface area contributed by atoms with Crippen LogP contribution in [0.2, 0.25) is 0 Å². The van der Waals surface area contributed by atoms with Crippen LogP contribution in [0, 0.1) is 5.92 Å². The summed E-state index contributed by atoms with van der Waals surface area (Å²) < 4.78 is 0. The standard InChI is InChI=1S/C13H24N4/c1-9(2)13-8-17(15-14-13)12-6-10-4-5-11(7-12)16(10)3/h9-13H,4-8H2,1-3H3. The van der Waals surface area contributed by atoms with Gasteiger partial charge in [-0.25, -0.2) is 0 Å². The van der Waals surface area contributed by atoms with Gasteiger partial charge in [0.25, 0.3) is 0 Å². The molecule has 3 rings (SSSR count). The van der Waals surface area contributed by atoms with E-state index in [-0.39, 0.29) is 0 Å². The summed E-state index contributed by atoms with van der Waals surface area (Å²) in [5.41, 5.74) is 0. The van der Waals surface area contributed by atoms with E-state index in [9.17, 15) is 0 Å². The monoisotopic (exact) mass is 236 g/mol. The zero-order chi connectivity index (χ0) is 12.0. The van der Waals surface area contributed by atoms with Gasteiger partial charge in [-0.15, -0.1) is 0 Å². The van der Waals surface area contributed by atoms with Crippen molar-refractivity contribution in [2.24, 2.45) is 16.3 Å². The van der Waals surface area contributed by atoms with E-state index in [0.717, 1.165) is 18.6 Å². The van der Waals surface area contributed by atoms with Crippen LogP contribution in [-0.4, -0.2) is 47.7 Å². The smallest absolute Gasteiger partial charge is 0.0944 e. The Kier molecular flexibility index (Phi) is 2.85. The summed E-state index contributed by atoms with van der Waals surface area (Å²) in [5, 5.41) is 11.1. The lowest BCUT2D eigenvalue weighted by molar-refractivity contribution is 0.0808. The van der Waals surface area contributed by atoms with Gasteiger partial charge in [-0.2, -0.15) is 5.11 Å². The molecule has 0 aromatic carbocycles. The lowest BCUT2D eigenvalue weighted by Gasteiger charge is -2.39. The van der Waals surface area contributed by atoms with E-state index < -0.39 is 0 Å². The van der Waals surface area contributed by atoms with Crippen molar-refractivity contribution in [1.29, 1.82) is 0 Å². The molecule has 3 heterocycles. The molecule has 0 spiro atoms. The molecule has 4 nitrogen and oxygen atoms in total. The fraction of sp³-hybridized carbons (Fsp3) is 1.00. The molecule has 0 saturated carbocycles. The molecule has 0 aromatic rings. The average molecular weight is 236 g/mol. The second-order valence-corrected chi connectivity index (χ2v) is 6.31. The van der Waals surface area contributed by atoms with E-state index in [4.69, 9.17) is 0 Å². The quantitative estimate of drug-likeness (QED) is 0.737. The lowest BCUT2D eigenvalue weighted by Crippen LogP contribution is -2.47. The molecule has 2 saturated heterocycles. The van der Waals surface area contributed by atoms with Gasteiger partial charge in [0.05, 0.1) is 18.6 Å². The molecular weight excluding hydrogens is 212 g/mol. The maximum atomic E-state index is 4.42. The van der Waals surface area contributed by atoms with Crippen molar-refractivity contribution >= 4 is 0 Å². The van der Waals surface area contributed by atoms with Gasteiger partial charge in [0.2, 0.25) is 0 Å². The van der Waals surface area contributed by atoms with Gasteiger partial charge in [-0.1, -0.05) is 19.1 Å². The molecule has 0 N–H and O–H groups in total. The number of piperidine rings is 1. The Morgan fingerprint density at radius 3 is 2.24 bits per heavy atom. The van der Waals surface area contributed by atoms with Crippen molar-refractivity contribution in [2.75, 3.05) is 13.6 Å². The predicted molar refractivity (Wildman–Crippen MR) is 67.8 cm³/mol. The van der Waals surface area contributed by atoms with E-state index in [1.807, 2.05) is 0 Å². The molecule has 0 aliphatic carbocycles. The minimum atomic E-state index is 0.423. The van der Waals surface area contributed by atoms with Crippen molar-refractivity contribution in [3.63, 3.8) is 0 Å². The molecular formula is C13H24N4. The largest absolute Gasteiger partial charge is 0.300 e. The third kappa shape index (κ3) is 1.96. The Labute approximate surface area is 104 Å². The first kappa shape index (κ1) is 11.5. The van der Waals surface area contributed by atoms with Crippen LogP contribution >= 0.6 is 0 Å². The summed E-state index contributed by atoms with van der Waals surface area (Å²) in [6, 6.07) is 2.67. The van der Waals surface area contributed by atoms with Gasteiger partial charge in [-0.05, 0) is 38.6 Å². The highest BCUT2D eigenvalue weighted by atomic mass is 15.6. The van der Waals surface area contributed by atoms with Crippen LogP contribution < -0.4 is 0 Å². The maximum Gasteiger partial charge on any atom is 0.0944 e. The highest BCUT2D eigenvalue weighted by Gasteiger charge is 2.41. The van der Waals surface area contributed by atoms with Crippen molar-refractivity contribution < 1.29 is 0 Å². The molecule has 4 heteroatoms. The molecule has 0 amide bonds. The molecule has 0 aromatic heterocycles. The second kappa shape index (κ2) is 4.23. The maximum absolute atomic E-state index is 4.42. The molecule has 3 aliphatic heterocycles. The SMILES string of the molecule is CC(C)C1CN(C2CC3CCC(C2)N3C)N=N1. The second-order valence-electron chi connectivity index (χ2n) is 6.31. The Bertz CT molecular complexity index is 301.